The molecule has 2 N–H and O–H groups in total. The molecule has 2 aromatic rings. The number of rotatable bonds is 5. The molecule has 0 aliphatic carbocycles. The van der Waals surface area contributed by atoms with Gasteiger partial charge in [0.15, 0.2) is 5.82 Å². The van der Waals surface area contributed by atoms with Crippen LogP contribution >= 0.6 is 0 Å². The Morgan fingerprint density at radius 1 is 1.38 bits per heavy atom. The maximum Gasteiger partial charge on any atom is 0.417 e. The van der Waals surface area contributed by atoms with Gasteiger partial charge in [0.05, 0.1) is 11.1 Å². The molecule has 21 heavy (non-hydrogen) atoms. The Hall–Kier alpha value is -2.58. The van der Waals surface area contributed by atoms with Crippen LogP contribution in [-0.2, 0) is 12.6 Å². The normalized spacial score (nSPS) is 11.4. The van der Waals surface area contributed by atoms with Gasteiger partial charge in [-0.05, 0) is 18.2 Å². The van der Waals surface area contributed by atoms with Crippen LogP contribution in [-0.4, -0.2) is 27.8 Å². The van der Waals surface area contributed by atoms with Crippen molar-refractivity contribution in [3.05, 3.63) is 41.5 Å². The first-order valence-electron chi connectivity index (χ1n) is 5.81. The van der Waals surface area contributed by atoms with E-state index in [-0.39, 0.29) is 5.69 Å². The number of alkyl halides is 3. The highest BCUT2D eigenvalue weighted by Crippen LogP contribution is 2.33. The average Bonchev–Trinajstić information content (AvgIpc) is 2.90. The first-order chi connectivity index (χ1) is 9.88. The Kier molecular flexibility index (Phi) is 4.10. The molecule has 1 aromatic carbocycles. The second kappa shape index (κ2) is 5.81. The number of carbonyl (C=O) groups is 1. The van der Waals surface area contributed by atoms with Crippen molar-refractivity contribution in [3.63, 3.8) is 0 Å². The molecule has 0 spiro atoms. The highest BCUT2D eigenvalue weighted by molar-refractivity contribution is 5.91. The molecule has 0 amide bonds. The van der Waals surface area contributed by atoms with Gasteiger partial charge in [-0.15, -0.1) is 0 Å². The van der Waals surface area contributed by atoms with Crippen LogP contribution in [0.3, 0.4) is 0 Å². The zero-order chi connectivity index (χ0) is 15.5. The minimum absolute atomic E-state index is 0.267. The van der Waals surface area contributed by atoms with Crippen LogP contribution in [0.5, 0.6) is 0 Å². The second-order valence-corrected chi connectivity index (χ2v) is 4.09. The Morgan fingerprint density at radius 3 is 2.71 bits per heavy atom. The summed E-state index contributed by atoms with van der Waals surface area (Å²) in [6.45, 7) is 0.323. The van der Waals surface area contributed by atoms with Crippen molar-refractivity contribution in [1.29, 1.82) is 0 Å². The number of aromatic nitrogens is 2. The highest BCUT2D eigenvalue weighted by Gasteiger charge is 2.35. The van der Waals surface area contributed by atoms with Crippen molar-refractivity contribution in [3.8, 4) is 0 Å². The maximum absolute atomic E-state index is 12.7. The Labute approximate surface area is 116 Å². The fraction of sp³-hybridized carbons (Fsp3) is 0.250. The standard InChI is InChI=1S/C12H10F3N3O3/c13-12(14,15)9-2-1-7(5-8(9)11(19)20)16-4-3-10-17-6-21-18-10/h1-2,5-6,16H,3-4H2,(H,19,20). The smallest absolute Gasteiger partial charge is 0.417 e. The summed E-state index contributed by atoms with van der Waals surface area (Å²) in [5.41, 5.74) is -1.71. The van der Waals surface area contributed by atoms with Crippen molar-refractivity contribution < 1.29 is 27.6 Å². The third-order valence-corrected chi connectivity index (χ3v) is 2.64. The zero-order valence-corrected chi connectivity index (χ0v) is 10.5. The molecular weight excluding hydrogens is 291 g/mol. The van der Waals surface area contributed by atoms with Crippen LogP contribution < -0.4 is 5.32 Å². The van der Waals surface area contributed by atoms with Gasteiger partial charge in [-0.3, -0.25) is 0 Å². The van der Waals surface area contributed by atoms with Gasteiger partial charge in [-0.1, -0.05) is 5.16 Å². The van der Waals surface area contributed by atoms with Gasteiger partial charge in [0.25, 0.3) is 0 Å². The SMILES string of the molecule is O=C(O)c1cc(NCCc2ncon2)ccc1C(F)(F)F. The summed E-state index contributed by atoms with van der Waals surface area (Å²) in [5, 5.41) is 15.2. The lowest BCUT2D eigenvalue weighted by molar-refractivity contribution is -0.138. The first kappa shape index (κ1) is 14.8. The van der Waals surface area contributed by atoms with E-state index in [0.717, 1.165) is 18.5 Å². The van der Waals surface area contributed by atoms with Crippen LogP contribution in [0.4, 0.5) is 18.9 Å². The molecule has 0 unspecified atom stereocenters. The van der Waals surface area contributed by atoms with Gasteiger partial charge in [0, 0.05) is 18.7 Å². The van der Waals surface area contributed by atoms with E-state index in [2.05, 4.69) is 20.0 Å². The topological polar surface area (TPSA) is 88.2 Å². The van der Waals surface area contributed by atoms with Gasteiger partial charge < -0.3 is 14.9 Å². The summed E-state index contributed by atoms with van der Waals surface area (Å²) in [4.78, 5) is 14.7. The van der Waals surface area contributed by atoms with Crippen molar-refractivity contribution in [2.24, 2.45) is 0 Å². The van der Waals surface area contributed by atoms with E-state index >= 15 is 0 Å². The molecule has 0 saturated heterocycles. The van der Waals surface area contributed by atoms with Crippen LogP contribution in [0, 0.1) is 0 Å². The minimum atomic E-state index is -4.71. The van der Waals surface area contributed by atoms with Gasteiger partial charge in [0.1, 0.15) is 0 Å². The van der Waals surface area contributed by atoms with Gasteiger partial charge in [-0.25, -0.2) is 4.79 Å². The zero-order valence-electron chi connectivity index (χ0n) is 10.5. The maximum atomic E-state index is 12.7. The molecule has 0 bridgehead atoms. The van der Waals surface area contributed by atoms with Crippen LogP contribution in [0.25, 0.3) is 0 Å². The summed E-state index contributed by atoms with van der Waals surface area (Å²) in [7, 11) is 0. The molecule has 0 radical (unpaired) electrons. The molecule has 9 heteroatoms. The predicted molar refractivity (Wildman–Crippen MR) is 64.9 cm³/mol. The fourth-order valence-corrected chi connectivity index (χ4v) is 1.70. The van der Waals surface area contributed by atoms with Crippen LogP contribution in [0.15, 0.2) is 29.1 Å². The molecule has 6 nitrogen and oxygen atoms in total. The number of halogens is 3. The highest BCUT2D eigenvalue weighted by atomic mass is 19.4. The van der Waals surface area contributed by atoms with Crippen molar-refractivity contribution in [2.75, 3.05) is 11.9 Å². The Balaban J connectivity index is 2.11. The largest absolute Gasteiger partial charge is 0.478 e. The number of anilines is 1. The summed E-state index contributed by atoms with van der Waals surface area (Å²) < 4.78 is 42.5. The van der Waals surface area contributed by atoms with E-state index in [1.54, 1.807) is 0 Å². The molecule has 0 atom stereocenters. The fourth-order valence-electron chi connectivity index (χ4n) is 1.70. The number of carboxylic acid groups (broad SMARTS) is 1. The molecule has 112 valence electrons. The molecule has 0 aliphatic rings. The van der Waals surface area contributed by atoms with Crippen molar-refractivity contribution in [1.82, 2.24) is 10.1 Å². The molecule has 2 rings (SSSR count). The van der Waals surface area contributed by atoms with E-state index in [4.69, 9.17) is 5.11 Å². The molecule has 0 saturated carbocycles. The lowest BCUT2D eigenvalue weighted by Crippen LogP contribution is -2.14. The van der Waals surface area contributed by atoms with Gasteiger partial charge in [0.2, 0.25) is 6.39 Å². The van der Waals surface area contributed by atoms with Gasteiger partial charge >= 0.3 is 12.1 Å². The van der Waals surface area contributed by atoms with Gasteiger partial charge in [-0.2, -0.15) is 18.2 Å². The Bertz CT molecular complexity index is 626. The summed E-state index contributed by atoms with van der Waals surface area (Å²) in [6.07, 6.45) is -3.16. The molecule has 0 aliphatic heterocycles. The number of nitrogens with zero attached hydrogens (tertiary/aromatic N) is 2. The second-order valence-electron chi connectivity index (χ2n) is 4.09. The monoisotopic (exact) mass is 301 g/mol. The van der Waals surface area contributed by atoms with Crippen molar-refractivity contribution in [2.45, 2.75) is 12.6 Å². The number of carboxylic acids is 1. The van der Waals surface area contributed by atoms with E-state index in [0.29, 0.717) is 18.8 Å². The Morgan fingerprint density at radius 2 is 2.14 bits per heavy atom. The predicted octanol–water partition coefficient (Wildman–Crippen LogP) is 2.44. The summed E-state index contributed by atoms with van der Waals surface area (Å²) in [5.74, 6) is -1.20. The number of benzene rings is 1. The first-order valence-corrected chi connectivity index (χ1v) is 5.81. The molecule has 0 fully saturated rings. The number of hydrogen-bond donors (Lipinski definition) is 2. The van der Waals surface area contributed by atoms with E-state index in [9.17, 15) is 18.0 Å². The third-order valence-electron chi connectivity index (χ3n) is 2.64. The number of nitrogens with one attached hydrogen (secondary N) is 1. The number of aromatic carboxylic acids is 1. The average molecular weight is 301 g/mol. The molecular formula is C12H10F3N3O3. The van der Waals surface area contributed by atoms with E-state index < -0.39 is 23.3 Å². The van der Waals surface area contributed by atoms with Crippen LogP contribution in [0.2, 0.25) is 0 Å². The lowest BCUT2D eigenvalue weighted by atomic mass is 10.1. The van der Waals surface area contributed by atoms with E-state index in [1.165, 1.54) is 6.07 Å². The quantitative estimate of drug-likeness (QED) is 0.882. The van der Waals surface area contributed by atoms with Crippen molar-refractivity contribution >= 4 is 11.7 Å². The molecule has 1 aromatic heterocycles. The lowest BCUT2D eigenvalue weighted by Gasteiger charge is -2.12. The summed E-state index contributed by atoms with van der Waals surface area (Å²) >= 11 is 0. The van der Waals surface area contributed by atoms with Crippen LogP contribution in [0.1, 0.15) is 21.7 Å². The summed E-state index contributed by atoms with van der Waals surface area (Å²) in [6, 6.07) is 2.85. The third kappa shape index (κ3) is 3.71. The number of hydrogen-bond acceptors (Lipinski definition) is 5. The minimum Gasteiger partial charge on any atom is -0.478 e. The van der Waals surface area contributed by atoms with E-state index in [1.807, 2.05) is 0 Å². The molecule has 1 heterocycles.